The molecule has 0 spiro atoms. The lowest BCUT2D eigenvalue weighted by Gasteiger charge is -2.09. The van der Waals surface area contributed by atoms with Crippen LogP contribution in [0.4, 0.5) is 0 Å². The molecule has 16 heavy (non-hydrogen) atoms. The monoisotopic (exact) mass is 233 g/mol. The van der Waals surface area contributed by atoms with Gasteiger partial charge in [-0.1, -0.05) is 30.4 Å². The first kappa shape index (κ1) is 12.9. The van der Waals surface area contributed by atoms with Crippen molar-refractivity contribution in [1.82, 2.24) is 5.32 Å². The van der Waals surface area contributed by atoms with E-state index in [4.69, 9.17) is 0 Å². The minimum atomic E-state index is 0.784. The van der Waals surface area contributed by atoms with E-state index in [1.165, 1.54) is 16.0 Å². The molecule has 0 aliphatic rings. The smallest absolute Gasteiger partial charge is 0.0374 e. The van der Waals surface area contributed by atoms with E-state index in [9.17, 15) is 0 Å². The highest BCUT2D eigenvalue weighted by atomic mass is 32.2. The molecule has 2 heteroatoms. The number of aryl methyl sites for hydroxylation is 2. The van der Waals surface area contributed by atoms with Crippen LogP contribution in [-0.4, -0.2) is 12.3 Å². The lowest BCUT2D eigenvalue weighted by molar-refractivity contribution is 0.916. The predicted octanol–water partition coefficient (Wildman–Crippen LogP) is 3.68. The lowest BCUT2D eigenvalue weighted by Crippen LogP contribution is -2.13. The topological polar surface area (TPSA) is 12.0 Å². The summed E-state index contributed by atoms with van der Waals surface area (Å²) < 4.78 is 0. The van der Waals surface area contributed by atoms with Crippen molar-refractivity contribution < 1.29 is 0 Å². The third-order valence-electron chi connectivity index (χ3n) is 2.24. The molecule has 0 fully saturated rings. The Labute approximate surface area is 103 Å². The van der Waals surface area contributed by atoms with Crippen molar-refractivity contribution >= 4 is 11.8 Å². The van der Waals surface area contributed by atoms with Gasteiger partial charge < -0.3 is 5.32 Å². The Morgan fingerprint density at radius 2 is 2.19 bits per heavy atom. The first-order valence-electron chi connectivity index (χ1n) is 5.36. The zero-order valence-corrected chi connectivity index (χ0v) is 10.9. The number of rotatable bonds is 6. The Balaban J connectivity index is 2.50. The molecule has 1 N–H and O–H groups in total. The number of hydrogen-bond donors (Lipinski definition) is 1. The molecule has 1 rings (SSSR count). The lowest BCUT2D eigenvalue weighted by atomic mass is 10.2. The maximum absolute atomic E-state index is 3.98. The summed E-state index contributed by atoms with van der Waals surface area (Å²) in [7, 11) is 0. The van der Waals surface area contributed by atoms with E-state index in [-0.39, 0.29) is 0 Å². The normalized spacial score (nSPS) is 9.88. The Bertz CT molecular complexity index is 382. The molecule has 0 aliphatic heterocycles. The van der Waals surface area contributed by atoms with Gasteiger partial charge in [0.05, 0.1) is 0 Å². The maximum Gasteiger partial charge on any atom is 0.0374 e. The van der Waals surface area contributed by atoms with Gasteiger partial charge in [-0.05, 0) is 25.5 Å². The minimum absolute atomic E-state index is 0.784. The van der Waals surface area contributed by atoms with Crippen LogP contribution in [-0.2, 0) is 0 Å². The summed E-state index contributed by atoms with van der Waals surface area (Å²) in [5.74, 6) is 0.901. The second-order valence-corrected chi connectivity index (χ2v) is 4.85. The largest absolute Gasteiger partial charge is 0.385 e. The Hall–Kier alpha value is -1.15. The Kier molecular flexibility index (Phi) is 5.20. The zero-order valence-electron chi connectivity index (χ0n) is 10.0. The fourth-order valence-corrected chi connectivity index (χ4v) is 2.29. The fourth-order valence-electron chi connectivity index (χ4n) is 1.30. The minimum Gasteiger partial charge on any atom is -0.385 e. The predicted molar refractivity (Wildman–Crippen MR) is 74.0 cm³/mol. The van der Waals surface area contributed by atoms with Gasteiger partial charge in [0.25, 0.3) is 0 Å². The molecular weight excluding hydrogens is 214 g/mol. The average Bonchev–Trinajstić information content (AvgIpc) is 2.27. The highest BCUT2D eigenvalue weighted by Crippen LogP contribution is 2.24. The van der Waals surface area contributed by atoms with Crippen molar-refractivity contribution in [2.24, 2.45) is 0 Å². The second kappa shape index (κ2) is 6.44. The van der Waals surface area contributed by atoms with Crippen molar-refractivity contribution in [3.05, 3.63) is 54.3 Å². The molecule has 0 radical (unpaired) electrons. The second-order valence-electron chi connectivity index (χ2n) is 3.83. The van der Waals surface area contributed by atoms with E-state index >= 15 is 0 Å². The molecule has 1 nitrogen and oxygen atoms in total. The zero-order chi connectivity index (χ0) is 12.0. The molecule has 0 bridgehead atoms. The van der Waals surface area contributed by atoms with Crippen LogP contribution >= 0.6 is 11.8 Å². The molecule has 1 aromatic rings. The van der Waals surface area contributed by atoms with Gasteiger partial charge >= 0.3 is 0 Å². The highest BCUT2D eigenvalue weighted by Gasteiger charge is 2.00. The van der Waals surface area contributed by atoms with Gasteiger partial charge in [0.2, 0.25) is 0 Å². The summed E-state index contributed by atoms with van der Waals surface area (Å²) in [4.78, 5) is 1.33. The van der Waals surface area contributed by atoms with E-state index < -0.39 is 0 Å². The van der Waals surface area contributed by atoms with E-state index in [0.717, 1.165) is 18.0 Å². The van der Waals surface area contributed by atoms with Gasteiger partial charge in [0.15, 0.2) is 0 Å². The van der Waals surface area contributed by atoms with Crippen LogP contribution in [0.5, 0.6) is 0 Å². The number of hydrogen-bond acceptors (Lipinski definition) is 2. The van der Waals surface area contributed by atoms with Crippen molar-refractivity contribution in [1.29, 1.82) is 0 Å². The molecule has 0 aromatic heterocycles. The van der Waals surface area contributed by atoms with Crippen molar-refractivity contribution in [3.8, 4) is 0 Å². The number of benzene rings is 1. The molecular formula is C14H19NS. The van der Waals surface area contributed by atoms with E-state index in [1.807, 2.05) is 17.8 Å². The molecule has 0 saturated heterocycles. The first-order valence-corrected chi connectivity index (χ1v) is 6.34. The van der Waals surface area contributed by atoms with Crippen LogP contribution in [0.1, 0.15) is 11.1 Å². The van der Waals surface area contributed by atoms with Crippen LogP contribution in [0.2, 0.25) is 0 Å². The summed E-state index contributed by atoms with van der Waals surface area (Å²) >= 11 is 1.82. The van der Waals surface area contributed by atoms with Crippen molar-refractivity contribution in [2.75, 3.05) is 12.3 Å². The molecule has 0 aliphatic carbocycles. The summed E-state index contributed by atoms with van der Waals surface area (Å²) in [5, 5.41) is 3.20. The SMILES string of the molecule is C=CCNC(=C)CSc1cc(C)ccc1C. The third-order valence-corrected chi connectivity index (χ3v) is 3.49. The maximum atomic E-state index is 3.98. The summed E-state index contributed by atoms with van der Waals surface area (Å²) in [6.07, 6.45) is 1.84. The van der Waals surface area contributed by atoms with Gasteiger partial charge in [-0.3, -0.25) is 0 Å². The van der Waals surface area contributed by atoms with Crippen LogP contribution in [0, 0.1) is 13.8 Å². The van der Waals surface area contributed by atoms with Gasteiger partial charge in [-0.25, -0.2) is 0 Å². The molecule has 0 heterocycles. The number of nitrogens with one attached hydrogen (secondary N) is 1. The van der Waals surface area contributed by atoms with Gasteiger partial charge in [-0.2, -0.15) is 0 Å². The molecule has 0 atom stereocenters. The summed E-state index contributed by atoms with van der Waals surface area (Å²) in [6.45, 7) is 12.7. The van der Waals surface area contributed by atoms with E-state index in [0.29, 0.717) is 0 Å². The average molecular weight is 233 g/mol. The van der Waals surface area contributed by atoms with Crippen molar-refractivity contribution in [3.63, 3.8) is 0 Å². The highest BCUT2D eigenvalue weighted by molar-refractivity contribution is 7.99. The van der Waals surface area contributed by atoms with E-state index in [1.54, 1.807) is 0 Å². The van der Waals surface area contributed by atoms with Crippen LogP contribution in [0.15, 0.2) is 48.0 Å². The number of thioether (sulfide) groups is 1. The Morgan fingerprint density at radius 1 is 1.44 bits per heavy atom. The molecule has 0 amide bonds. The molecule has 1 aromatic carbocycles. The van der Waals surface area contributed by atoms with Gasteiger partial charge in [-0.15, -0.1) is 18.3 Å². The fraction of sp³-hybridized carbons (Fsp3) is 0.286. The summed E-state index contributed by atoms with van der Waals surface area (Å²) in [5.41, 5.74) is 3.68. The van der Waals surface area contributed by atoms with Gasteiger partial charge in [0, 0.05) is 22.9 Å². The molecule has 0 saturated carbocycles. The molecule has 0 unspecified atom stereocenters. The van der Waals surface area contributed by atoms with Crippen LogP contribution < -0.4 is 5.32 Å². The third kappa shape index (κ3) is 4.15. The quantitative estimate of drug-likeness (QED) is 0.594. The van der Waals surface area contributed by atoms with Gasteiger partial charge in [0.1, 0.15) is 0 Å². The van der Waals surface area contributed by atoms with Crippen LogP contribution in [0.3, 0.4) is 0 Å². The summed E-state index contributed by atoms with van der Waals surface area (Å²) in [6, 6.07) is 6.53. The first-order chi connectivity index (χ1) is 7.63. The standard InChI is InChI=1S/C14H19NS/c1-5-8-15-13(4)10-16-14-9-11(2)6-7-12(14)3/h5-7,9,15H,1,4,8,10H2,2-3H3. The van der Waals surface area contributed by atoms with Crippen molar-refractivity contribution in [2.45, 2.75) is 18.7 Å². The van der Waals surface area contributed by atoms with Crippen LogP contribution in [0.25, 0.3) is 0 Å². The Morgan fingerprint density at radius 3 is 2.88 bits per heavy atom. The molecule has 86 valence electrons. The van der Waals surface area contributed by atoms with E-state index in [2.05, 4.69) is 50.5 Å².